The van der Waals surface area contributed by atoms with Gasteiger partial charge >= 0.3 is 0 Å². The molecule has 1 aliphatic rings. The molecule has 0 unspecified atom stereocenters. The highest BCUT2D eigenvalue weighted by atomic mass is 127. The van der Waals surface area contributed by atoms with E-state index < -0.39 is 0 Å². The average Bonchev–Trinajstić information content (AvgIpc) is 2.83. The van der Waals surface area contributed by atoms with Crippen LogP contribution in [0.1, 0.15) is 52.4 Å². The van der Waals surface area contributed by atoms with Crippen molar-refractivity contribution in [3.63, 3.8) is 0 Å². The second kappa shape index (κ2) is 15.9. The van der Waals surface area contributed by atoms with Crippen LogP contribution < -0.4 is 16.0 Å². The van der Waals surface area contributed by atoms with Crippen molar-refractivity contribution in [2.75, 3.05) is 45.8 Å². The minimum atomic E-state index is -0.0198. The van der Waals surface area contributed by atoms with E-state index >= 15 is 0 Å². The minimum absolute atomic E-state index is 0. The third-order valence-corrected chi connectivity index (χ3v) is 3.94. The molecule has 0 bridgehead atoms. The van der Waals surface area contributed by atoms with Crippen LogP contribution in [0.5, 0.6) is 0 Å². The third kappa shape index (κ3) is 11.9. The zero-order chi connectivity index (χ0) is 16.8. The monoisotopic (exact) mass is 453 g/mol. The maximum absolute atomic E-state index is 11.6. The van der Waals surface area contributed by atoms with Crippen LogP contribution in [0.2, 0.25) is 0 Å². The first kappa shape index (κ1) is 23.4. The summed E-state index contributed by atoms with van der Waals surface area (Å²) in [6.07, 6.45) is 7.49. The number of aliphatic imine (C=N–C) groups is 1. The molecule has 1 fully saturated rings. The van der Waals surface area contributed by atoms with Gasteiger partial charge < -0.3 is 20.9 Å². The topological polar surface area (TPSA) is 68.8 Å². The lowest BCUT2D eigenvalue weighted by atomic mass is 10.2. The van der Waals surface area contributed by atoms with E-state index in [0.717, 1.165) is 38.4 Å². The van der Waals surface area contributed by atoms with Crippen LogP contribution in [0.15, 0.2) is 4.99 Å². The van der Waals surface area contributed by atoms with Gasteiger partial charge in [0.15, 0.2) is 5.96 Å². The number of nitrogens with zero attached hydrogens (tertiary/aromatic N) is 2. The van der Waals surface area contributed by atoms with Gasteiger partial charge in [-0.25, -0.2) is 4.99 Å². The fourth-order valence-corrected chi connectivity index (χ4v) is 2.68. The first-order valence-electron chi connectivity index (χ1n) is 9.27. The molecule has 1 saturated heterocycles. The van der Waals surface area contributed by atoms with Crippen molar-refractivity contribution < 1.29 is 4.79 Å². The molecule has 0 spiro atoms. The van der Waals surface area contributed by atoms with Crippen LogP contribution in [0.3, 0.4) is 0 Å². The van der Waals surface area contributed by atoms with E-state index in [1.54, 1.807) is 0 Å². The Morgan fingerprint density at radius 1 is 1.00 bits per heavy atom. The van der Waals surface area contributed by atoms with E-state index in [1.165, 1.54) is 38.8 Å². The lowest BCUT2D eigenvalue weighted by Crippen LogP contribution is -2.40. The minimum Gasteiger partial charge on any atom is -0.357 e. The molecule has 142 valence electrons. The number of halogens is 1. The van der Waals surface area contributed by atoms with Crippen molar-refractivity contribution >= 4 is 35.8 Å². The highest BCUT2D eigenvalue weighted by Crippen LogP contribution is 2.09. The maximum Gasteiger partial charge on any atom is 0.241 e. The van der Waals surface area contributed by atoms with Crippen molar-refractivity contribution in [3.05, 3.63) is 0 Å². The van der Waals surface area contributed by atoms with Crippen molar-refractivity contribution in [2.45, 2.75) is 52.4 Å². The van der Waals surface area contributed by atoms with Gasteiger partial charge in [0.2, 0.25) is 5.91 Å². The molecule has 0 aromatic carbocycles. The summed E-state index contributed by atoms with van der Waals surface area (Å²) in [6.45, 7) is 10.3. The van der Waals surface area contributed by atoms with Crippen LogP contribution >= 0.6 is 24.0 Å². The summed E-state index contributed by atoms with van der Waals surface area (Å²) < 4.78 is 0. The zero-order valence-corrected chi connectivity index (χ0v) is 17.7. The van der Waals surface area contributed by atoms with Crippen LogP contribution in [-0.4, -0.2) is 62.6 Å². The lowest BCUT2D eigenvalue weighted by molar-refractivity contribution is -0.119. The van der Waals surface area contributed by atoms with Gasteiger partial charge in [-0.3, -0.25) is 4.79 Å². The van der Waals surface area contributed by atoms with E-state index in [9.17, 15) is 4.79 Å². The molecular formula is C17H36IN5O. The quantitative estimate of drug-likeness (QED) is 0.216. The summed E-state index contributed by atoms with van der Waals surface area (Å²) in [5, 5.41) is 9.35. The van der Waals surface area contributed by atoms with Gasteiger partial charge in [-0.1, -0.05) is 19.8 Å². The number of guanidine groups is 1. The molecule has 0 radical (unpaired) electrons. The molecule has 6 nitrogen and oxygen atoms in total. The number of nitrogens with one attached hydrogen (secondary N) is 3. The highest BCUT2D eigenvalue weighted by Gasteiger charge is 2.08. The van der Waals surface area contributed by atoms with Crippen molar-refractivity contribution in [2.24, 2.45) is 4.99 Å². The van der Waals surface area contributed by atoms with Crippen LogP contribution in [0, 0.1) is 0 Å². The Kier molecular flexibility index (Phi) is 15.6. The SMILES string of the molecule is CCCNC(=O)CN=C(NCC)NCCCN1CCCCCC1.I. The standard InChI is InChI=1S/C17H35N5O.HI/c1-3-10-19-16(23)15-21-17(18-4-2)20-11-9-14-22-12-7-5-6-8-13-22;/h3-15H2,1-2H3,(H,19,23)(H2,18,20,21);1H. The fourth-order valence-electron chi connectivity index (χ4n) is 2.68. The lowest BCUT2D eigenvalue weighted by Gasteiger charge is -2.20. The van der Waals surface area contributed by atoms with Crippen molar-refractivity contribution in [1.82, 2.24) is 20.9 Å². The van der Waals surface area contributed by atoms with Gasteiger partial charge in [-0.05, 0) is 52.2 Å². The Morgan fingerprint density at radius 2 is 1.71 bits per heavy atom. The summed E-state index contributed by atoms with van der Waals surface area (Å²) >= 11 is 0. The van der Waals surface area contributed by atoms with E-state index in [2.05, 4.69) is 25.8 Å². The number of hydrogen-bond acceptors (Lipinski definition) is 3. The Bertz CT molecular complexity index is 344. The molecule has 3 N–H and O–H groups in total. The number of amides is 1. The van der Waals surface area contributed by atoms with Gasteiger partial charge in [-0.2, -0.15) is 0 Å². The van der Waals surface area contributed by atoms with E-state index in [-0.39, 0.29) is 36.4 Å². The number of hydrogen-bond donors (Lipinski definition) is 3. The largest absolute Gasteiger partial charge is 0.357 e. The van der Waals surface area contributed by atoms with Crippen LogP contribution in [0.4, 0.5) is 0 Å². The van der Waals surface area contributed by atoms with Gasteiger partial charge in [-0.15, -0.1) is 24.0 Å². The molecule has 0 atom stereocenters. The van der Waals surface area contributed by atoms with Gasteiger partial charge in [0.1, 0.15) is 6.54 Å². The normalized spacial score (nSPS) is 16.0. The molecule has 0 aromatic heterocycles. The molecule has 1 aliphatic heterocycles. The first-order valence-corrected chi connectivity index (χ1v) is 9.27. The zero-order valence-electron chi connectivity index (χ0n) is 15.4. The maximum atomic E-state index is 11.6. The Labute approximate surface area is 164 Å². The van der Waals surface area contributed by atoms with Gasteiger partial charge in [0, 0.05) is 19.6 Å². The molecule has 0 aromatic rings. The average molecular weight is 453 g/mol. The molecule has 1 rings (SSSR count). The predicted molar refractivity (Wildman–Crippen MR) is 112 cm³/mol. The number of carbonyl (C=O) groups is 1. The smallest absolute Gasteiger partial charge is 0.241 e. The molecule has 7 heteroatoms. The van der Waals surface area contributed by atoms with E-state index in [0.29, 0.717) is 6.54 Å². The molecule has 1 heterocycles. The summed E-state index contributed by atoms with van der Waals surface area (Å²) in [4.78, 5) is 18.5. The first-order chi connectivity index (χ1) is 11.3. The number of likely N-dealkylation sites (tertiary alicyclic amines) is 1. The summed E-state index contributed by atoms with van der Waals surface area (Å²) in [5.74, 6) is 0.712. The van der Waals surface area contributed by atoms with Crippen molar-refractivity contribution in [3.8, 4) is 0 Å². The van der Waals surface area contributed by atoms with Crippen LogP contribution in [-0.2, 0) is 4.79 Å². The third-order valence-electron chi connectivity index (χ3n) is 3.94. The summed E-state index contributed by atoms with van der Waals surface area (Å²) in [7, 11) is 0. The second-order valence-electron chi connectivity index (χ2n) is 6.08. The number of rotatable bonds is 9. The molecule has 1 amide bonds. The summed E-state index contributed by atoms with van der Waals surface area (Å²) in [6, 6.07) is 0. The van der Waals surface area contributed by atoms with Crippen LogP contribution in [0.25, 0.3) is 0 Å². The second-order valence-corrected chi connectivity index (χ2v) is 6.08. The fraction of sp³-hybridized carbons (Fsp3) is 0.882. The predicted octanol–water partition coefficient (Wildman–Crippen LogP) is 1.95. The number of carbonyl (C=O) groups excluding carboxylic acids is 1. The Morgan fingerprint density at radius 3 is 2.33 bits per heavy atom. The summed E-state index contributed by atoms with van der Waals surface area (Å²) in [5.41, 5.74) is 0. The van der Waals surface area contributed by atoms with E-state index in [4.69, 9.17) is 0 Å². The molecule has 24 heavy (non-hydrogen) atoms. The Balaban J connectivity index is 0.00000529. The molecule has 0 aliphatic carbocycles. The Hall–Kier alpha value is -0.570. The highest BCUT2D eigenvalue weighted by molar-refractivity contribution is 14.0. The molecule has 0 saturated carbocycles. The van der Waals surface area contributed by atoms with E-state index in [1.807, 2.05) is 13.8 Å². The van der Waals surface area contributed by atoms with Crippen molar-refractivity contribution in [1.29, 1.82) is 0 Å². The van der Waals surface area contributed by atoms with Gasteiger partial charge in [0.25, 0.3) is 0 Å². The van der Waals surface area contributed by atoms with Gasteiger partial charge in [0.05, 0.1) is 0 Å². The molecular weight excluding hydrogens is 417 g/mol.